The minimum atomic E-state index is -0.296. The van der Waals surface area contributed by atoms with Crippen LogP contribution in [0.4, 0.5) is 0 Å². The Morgan fingerprint density at radius 3 is 2.53 bits per heavy atom. The molecular formula is C12H23N3. The Balaban J connectivity index is 2.22. The Bertz CT molecular complexity index is 213. The van der Waals surface area contributed by atoms with Crippen molar-refractivity contribution in [2.75, 3.05) is 13.6 Å². The molecule has 0 saturated heterocycles. The predicted octanol–water partition coefficient (Wildman–Crippen LogP) is 1.74. The fourth-order valence-corrected chi connectivity index (χ4v) is 2.27. The van der Waals surface area contributed by atoms with Crippen LogP contribution in [0.15, 0.2) is 0 Å². The van der Waals surface area contributed by atoms with E-state index in [4.69, 9.17) is 11.0 Å². The first-order chi connectivity index (χ1) is 7.13. The van der Waals surface area contributed by atoms with Crippen LogP contribution in [0.1, 0.15) is 39.0 Å². The van der Waals surface area contributed by atoms with Crippen molar-refractivity contribution in [3.8, 4) is 6.07 Å². The zero-order chi connectivity index (χ0) is 11.3. The third-order valence-electron chi connectivity index (χ3n) is 3.57. The summed E-state index contributed by atoms with van der Waals surface area (Å²) in [6, 6.07) is 2.50. The summed E-state index contributed by atoms with van der Waals surface area (Å²) in [4.78, 5) is 2.38. The van der Waals surface area contributed by atoms with E-state index in [9.17, 15) is 0 Å². The van der Waals surface area contributed by atoms with Gasteiger partial charge in [-0.05, 0) is 45.1 Å². The van der Waals surface area contributed by atoms with Gasteiger partial charge in [-0.15, -0.1) is 0 Å². The van der Waals surface area contributed by atoms with Crippen LogP contribution in [-0.2, 0) is 0 Å². The van der Waals surface area contributed by atoms with Gasteiger partial charge in [-0.1, -0.05) is 6.92 Å². The van der Waals surface area contributed by atoms with Crippen molar-refractivity contribution in [1.29, 1.82) is 5.26 Å². The van der Waals surface area contributed by atoms with E-state index in [0.717, 1.165) is 18.9 Å². The van der Waals surface area contributed by atoms with E-state index >= 15 is 0 Å². The Hall–Kier alpha value is -0.590. The molecule has 1 fully saturated rings. The smallest absolute Gasteiger partial charge is 0.0940 e. The van der Waals surface area contributed by atoms with Gasteiger partial charge in [0.25, 0.3) is 0 Å². The van der Waals surface area contributed by atoms with Gasteiger partial charge in [-0.3, -0.25) is 0 Å². The van der Waals surface area contributed by atoms with Crippen molar-refractivity contribution in [2.24, 2.45) is 11.7 Å². The highest BCUT2D eigenvalue weighted by Crippen LogP contribution is 2.26. The maximum atomic E-state index is 8.60. The summed E-state index contributed by atoms with van der Waals surface area (Å²) in [7, 11) is 2.16. The molecule has 1 aliphatic rings. The summed E-state index contributed by atoms with van der Waals surface area (Å²) in [5.41, 5.74) is 5.59. The van der Waals surface area contributed by atoms with Crippen LogP contribution < -0.4 is 5.73 Å². The molecule has 0 spiro atoms. The van der Waals surface area contributed by atoms with Crippen LogP contribution in [0.25, 0.3) is 0 Å². The minimum absolute atomic E-state index is 0.296. The zero-order valence-electron chi connectivity index (χ0n) is 9.95. The van der Waals surface area contributed by atoms with Gasteiger partial charge in [0.15, 0.2) is 0 Å². The molecule has 0 amide bonds. The van der Waals surface area contributed by atoms with E-state index in [1.54, 1.807) is 0 Å². The average molecular weight is 209 g/mol. The fourth-order valence-electron chi connectivity index (χ4n) is 2.27. The van der Waals surface area contributed by atoms with Gasteiger partial charge in [-0.25, -0.2) is 0 Å². The molecule has 0 radical (unpaired) electrons. The molecule has 1 unspecified atom stereocenters. The molecule has 0 aromatic heterocycles. The lowest BCUT2D eigenvalue weighted by Gasteiger charge is -2.33. The second kappa shape index (κ2) is 6.09. The van der Waals surface area contributed by atoms with Crippen LogP contribution in [0.2, 0.25) is 0 Å². The number of rotatable bonds is 4. The maximum Gasteiger partial charge on any atom is 0.0940 e. The molecule has 0 bridgehead atoms. The lowest BCUT2D eigenvalue weighted by Crippen LogP contribution is -2.37. The third-order valence-corrected chi connectivity index (χ3v) is 3.57. The molecule has 1 rings (SSSR count). The quantitative estimate of drug-likeness (QED) is 0.767. The highest BCUT2D eigenvalue weighted by molar-refractivity contribution is 4.87. The second-order valence-corrected chi connectivity index (χ2v) is 4.92. The molecule has 1 aliphatic carbocycles. The first-order valence-corrected chi connectivity index (χ1v) is 5.99. The topological polar surface area (TPSA) is 53.0 Å². The van der Waals surface area contributed by atoms with Gasteiger partial charge in [-0.2, -0.15) is 5.26 Å². The van der Waals surface area contributed by atoms with Gasteiger partial charge < -0.3 is 10.6 Å². The van der Waals surface area contributed by atoms with Crippen molar-refractivity contribution in [2.45, 2.75) is 51.1 Å². The molecule has 3 heteroatoms. The number of hydrogen-bond donors (Lipinski definition) is 1. The number of hydrogen-bond acceptors (Lipinski definition) is 3. The first-order valence-electron chi connectivity index (χ1n) is 5.99. The second-order valence-electron chi connectivity index (χ2n) is 4.92. The molecule has 0 heterocycles. The van der Waals surface area contributed by atoms with Crippen molar-refractivity contribution >= 4 is 0 Å². The van der Waals surface area contributed by atoms with Crippen LogP contribution in [0, 0.1) is 17.2 Å². The standard InChI is InChI=1S/C12H23N3/c1-10-3-5-12(6-4-10)15(2)8-7-11(14)9-13/h10-12H,3-8,14H2,1-2H3. The molecular weight excluding hydrogens is 186 g/mol. The van der Waals surface area contributed by atoms with E-state index in [1.807, 2.05) is 0 Å². The normalized spacial score (nSPS) is 28.7. The van der Waals surface area contributed by atoms with Crippen LogP contribution in [-0.4, -0.2) is 30.6 Å². The Morgan fingerprint density at radius 2 is 2.00 bits per heavy atom. The van der Waals surface area contributed by atoms with Gasteiger partial charge in [0.05, 0.1) is 12.1 Å². The molecule has 15 heavy (non-hydrogen) atoms. The lowest BCUT2D eigenvalue weighted by atomic mass is 9.86. The first kappa shape index (κ1) is 12.5. The molecule has 0 aromatic carbocycles. The molecule has 1 atom stereocenters. The van der Waals surface area contributed by atoms with E-state index in [0.29, 0.717) is 6.04 Å². The molecule has 86 valence electrons. The predicted molar refractivity (Wildman–Crippen MR) is 62.3 cm³/mol. The third kappa shape index (κ3) is 4.19. The SMILES string of the molecule is CC1CCC(N(C)CCC(N)C#N)CC1. The highest BCUT2D eigenvalue weighted by Gasteiger charge is 2.21. The Labute approximate surface area is 93.2 Å². The highest BCUT2D eigenvalue weighted by atomic mass is 15.1. The van der Waals surface area contributed by atoms with Gasteiger partial charge in [0.1, 0.15) is 0 Å². The lowest BCUT2D eigenvalue weighted by molar-refractivity contribution is 0.168. The summed E-state index contributed by atoms with van der Waals surface area (Å²) in [6.07, 6.45) is 6.09. The molecule has 3 nitrogen and oxygen atoms in total. The fraction of sp³-hybridized carbons (Fsp3) is 0.917. The maximum absolute atomic E-state index is 8.60. The van der Waals surface area contributed by atoms with Crippen molar-refractivity contribution in [3.05, 3.63) is 0 Å². The number of nitrogens with zero attached hydrogens (tertiary/aromatic N) is 2. The summed E-state index contributed by atoms with van der Waals surface area (Å²) >= 11 is 0. The number of nitriles is 1. The molecule has 2 N–H and O–H groups in total. The van der Waals surface area contributed by atoms with Crippen molar-refractivity contribution in [3.63, 3.8) is 0 Å². The minimum Gasteiger partial charge on any atom is -0.316 e. The number of nitrogens with two attached hydrogens (primary N) is 1. The van der Waals surface area contributed by atoms with Crippen LogP contribution in [0.5, 0.6) is 0 Å². The summed E-state index contributed by atoms with van der Waals surface area (Å²) in [5.74, 6) is 0.899. The summed E-state index contributed by atoms with van der Waals surface area (Å²) < 4.78 is 0. The van der Waals surface area contributed by atoms with Crippen molar-refractivity contribution in [1.82, 2.24) is 4.90 Å². The largest absolute Gasteiger partial charge is 0.316 e. The Kier molecular flexibility index (Phi) is 5.07. The zero-order valence-corrected chi connectivity index (χ0v) is 9.95. The van der Waals surface area contributed by atoms with E-state index < -0.39 is 0 Å². The van der Waals surface area contributed by atoms with E-state index in [-0.39, 0.29) is 6.04 Å². The van der Waals surface area contributed by atoms with E-state index in [2.05, 4.69) is 24.9 Å². The van der Waals surface area contributed by atoms with E-state index in [1.165, 1.54) is 25.7 Å². The summed E-state index contributed by atoms with van der Waals surface area (Å²) in [5, 5.41) is 8.60. The van der Waals surface area contributed by atoms with Crippen LogP contribution in [0.3, 0.4) is 0 Å². The van der Waals surface area contributed by atoms with Crippen molar-refractivity contribution < 1.29 is 0 Å². The summed E-state index contributed by atoms with van der Waals surface area (Å²) in [6.45, 7) is 3.29. The van der Waals surface area contributed by atoms with Gasteiger partial charge in [0, 0.05) is 12.6 Å². The average Bonchev–Trinajstić information content (AvgIpc) is 2.26. The van der Waals surface area contributed by atoms with Crippen LogP contribution >= 0.6 is 0 Å². The monoisotopic (exact) mass is 209 g/mol. The molecule has 0 aliphatic heterocycles. The molecule has 0 aromatic rings. The van der Waals surface area contributed by atoms with Gasteiger partial charge >= 0.3 is 0 Å². The molecule has 1 saturated carbocycles. The Morgan fingerprint density at radius 1 is 1.40 bits per heavy atom. The van der Waals surface area contributed by atoms with Gasteiger partial charge in [0.2, 0.25) is 0 Å².